The zero-order valence-corrected chi connectivity index (χ0v) is 18.5. The highest BCUT2D eigenvalue weighted by atomic mass is 16.2. The minimum Gasteiger partial charge on any atom is -0.356 e. The Morgan fingerprint density at radius 2 is 1.74 bits per heavy atom. The fourth-order valence-electron chi connectivity index (χ4n) is 6.00. The number of allylic oxidation sites excluding steroid dienone is 2. The molecular formula is C23H40N2O2. The van der Waals surface area contributed by atoms with E-state index in [1.54, 1.807) is 5.57 Å². The lowest BCUT2D eigenvalue weighted by Gasteiger charge is -2.41. The van der Waals surface area contributed by atoms with Gasteiger partial charge in [0.15, 0.2) is 0 Å². The lowest BCUT2D eigenvalue weighted by molar-refractivity contribution is -0.139. The van der Waals surface area contributed by atoms with E-state index in [9.17, 15) is 9.59 Å². The van der Waals surface area contributed by atoms with Crippen LogP contribution in [0.3, 0.4) is 0 Å². The first-order valence-corrected chi connectivity index (χ1v) is 11.0. The van der Waals surface area contributed by atoms with Crippen molar-refractivity contribution in [1.82, 2.24) is 10.2 Å². The number of nitrogens with one attached hydrogen (secondary N) is 1. The first-order valence-electron chi connectivity index (χ1n) is 11.0. The van der Waals surface area contributed by atoms with Crippen LogP contribution in [0.5, 0.6) is 0 Å². The third-order valence-corrected chi connectivity index (χ3v) is 6.87. The molecule has 0 aliphatic heterocycles. The van der Waals surface area contributed by atoms with Crippen LogP contribution >= 0.6 is 0 Å². The molecule has 0 saturated heterocycles. The number of hydrogen-bond donors (Lipinski definition) is 1. The minimum atomic E-state index is -0.246. The van der Waals surface area contributed by atoms with E-state index in [-0.39, 0.29) is 23.1 Å². The van der Waals surface area contributed by atoms with Gasteiger partial charge in [-0.05, 0) is 57.8 Å². The summed E-state index contributed by atoms with van der Waals surface area (Å²) < 4.78 is 0. The van der Waals surface area contributed by atoms with Crippen LogP contribution in [0.1, 0.15) is 74.1 Å². The molecule has 0 spiro atoms. The molecule has 1 fully saturated rings. The van der Waals surface area contributed by atoms with Crippen molar-refractivity contribution in [1.29, 1.82) is 0 Å². The molecule has 3 unspecified atom stereocenters. The summed E-state index contributed by atoms with van der Waals surface area (Å²) in [6.45, 7) is 17.1. The third-order valence-electron chi connectivity index (χ3n) is 6.87. The Morgan fingerprint density at radius 3 is 2.22 bits per heavy atom. The normalized spacial score (nSPS) is 25.4. The summed E-state index contributed by atoms with van der Waals surface area (Å²) in [6.07, 6.45) is 3.61. The Hall–Kier alpha value is -1.32. The maximum absolute atomic E-state index is 13.2. The maximum atomic E-state index is 13.2. The monoisotopic (exact) mass is 376 g/mol. The molecule has 0 aromatic rings. The van der Waals surface area contributed by atoms with Crippen molar-refractivity contribution < 1.29 is 9.59 Å². The topological polar surface area (TPSA) is 49.4 Å². The van der Waals surface area contributed by atoms with E-state index in [1.807, 2.05) is 25.7 Å². The number of carbonyl (C=O) groups excluding carboxylic acids is 2. The van der Waals surface area contributed by atoms with Crippen LogP contribution in [0.25, 0.3) is 0 Å². The average Bonchev–Trinajstić information content (AvgIpc) is 3.17. The smallest absolute Gasteiger partial charge is 0.224 e. The van der Waals surface area contributed by atoms with Gasteiger partial charge in [-0.2, -0.15) is 0 Å². The van der Waals surface area contributed by atoms with Crippen molar-refractivity contribution >= 4 is 11.8 Å². The van der Waals surface area contributed by atoms with Gasteiger partial charge in [0, 0.05) is 31.5 Å². The van der Waals surface area contributed by atoms with E-state index in [4.69, 9.17) is 0 Å². The summed E-state index contributed by atoms with van der Waals surface area (Å²) in [5.41, 5.74) is 2.96. The van der Waals surface area contributed by atoms with Gasteiger partial charge in [0.05, 0.1) is 5.92 Å². The number of rotatable bonds is 9. The van der Waals surface area contributed by atoms with Gasteiger partial charge in [-0.3, -0.25) is 9.59 Å². The summed E-state index contributed by atoms with van der Waals surface area (Å²) in [7, 11) is 0. The summed E-state index contributed by atoms with van der Waals surface area (Å²) in [5.74, 6) is 1.49. The highest BCUT2D eigenvalue weighted by Crippen LogP contribution is 2.64. The van der Waals surface area contributed by atoms with E-state index < -0.39 is 0 Å². The number of nitrogens with zero attached hydrogens (tertiary/aromatic N) is 1. The number of carbonyl (C=O) groups is 2. The van der Waals surface area contributed by atoms with Gasteiger partial charge in [0.1, 0.15) is 0 Å². The van der Waals surface area contributed by atoms with Crippen LogP contribution in [-0.2, 0) is 9.59 Å². The predicted octanol–water partition coefficient (Wildman–Crippen LogP) is 4.41. The van der Waals surface area contributed by atoms with E-state index in [0.717, 1.165) is 12.8 Å². The molecule has 0 aromatic carbocycles. The third kappa shape index (κ3) is 3.95. The fourth-order valence-corrected chi connectivity index (χ4v) is 6.00. The molecule has 0 radical (unpaired) electrons. The predicted molar refractivity (Wildman–Crippen MR) is 111 cm³/mol. The van der Waals surface area contributed by atoms with Crippen molar-refractivity contribution in [3.63, 3.8) is 0 Å². The molecule has 2 amide bonds. The molecule has 154 valence electrons. The van der Waals surface area contributed by atoms with Crippen molar-refractivity contribution in [2.24, 2.45) is 29.1 Å². The van der Waals surface area contributed by atoms with Crippen LogP contribution in [0.2, 0.25) is 0 Å². The molecule has 4 nitrogen and oxygen atoms in total. The van der Waals surface area contributed by atoms with Gasteiger partial charge in [-0.1, -0.05) is 38.8 Å². The summed E-state index contributed by atoms with van der Waals surface area (Å²) in [5, 5.41) is 3.05. The van der Waals surface area contributed by atoms with Crippen molar-refractivity contribution in [2.75, 3.05) is 19.6 Å². The van der Waals surface area contributed by atoms with Crippen molar-refractivity contribution in [2.45, 2.75) is 74.1 Å². The largest absolute Gasteiger partial charge is 0.356 e. The molecule has 2 bridgehead atoms. The van der Waals surface area contributed by atoms with E-state index in [2.05, 4.69) is 33.0 Å². The minimum absolute atomic E-state index is 0.0711. The summed E-state index contributed by atoms with van der Waals surface area (Å²) in [4.78, 5) is 28.0. The SMILES string of the molecule is CCNC(=O)C(CC(=O)N(CC)CC)C12CCC(C1)C(C(C)C)=C2C(C)C. The van der Waals surface area contributed by atoms with Gasteiger partial charge in [0.2, 0.25) is 11.8 Å². The molecule has 3 atom stereocenters. The molecule has 1 N–H and O–H groups in total. The van der Waals surface area contributed by atoms with Crippen LogP contribution in [0.4, 0.5) is 0 Å². The molecule has 1 saturated carbocycles. The van der Waals surface area contributed by atoms with E-state index in [0.29, 0.717) is 43.8 Å². The second kappa shape index (κ2) is 8.79. The summed E-state index contributed by atoms with van der Waals surface area (Å²) >= 11 is 0. The number of fused-ring (bicyclic) bond motifs is 2. The molecule has 0 heterocycles. The van der Waals surface area contributed by atoms with E-state index in [1.165, 1.54) is 12.0 Å². The quantitative estimate of drug-likeness (QED) is 0.606. The Balaban J connectivity index is 2.48. The van der Waals surface area contributed by atoms with Gasteiger partial charge >= 0.3 is 0 Å². The molecule has 2 rings (SSSR count). The maximum Gasteiger partial charge on any atom is 0.224 e. The molecule has 2 aliphatic rings. The van der Waals surface area contributed by atoms with Crippen LogP contribution < -0.4 is 5.32 Å². The zero-order valence-electron chi connectivity index (χ0n) is 18.5. The van der Waals surface area contributed by atoms with Crippen molar-refractivity contribution in [3.05, 3.63) is 11.1 Å². The standard InChI is InChI=1S/C23H40N2O2/c1-8-24-22(27)18(13-19(26)25(9-2)10-3)23-12-11-17(14-23)20(15(4)5)21(23)16(6)7/h15-18H,8-14H2,1-7H3,(H,24,27). The zero-order chi connectivity index (χ0) is 20.4. The van der Waals surface area contributed by atoms with Crippen LogP contribution in [0.15, 0.2) is 11.1 Å². The summed E-state index contributed by atoms with van der Waals surface area (Å²) in [6, 6.07) is 0. The Labute approximate surface area is 166 Å². The number of amides is 2. The first kappa shape index (κ1) is 22.0. The van der Waals surface area contributed by atoms with Crippen LogP contribution in [-0.4, -0.2) is 36.3 Å². The highest BCUT2D eigenvalue weighted by molar-refractivity contribution is 5.87. The Morgan fingerprint density at radius 1 is 1.11 bits per heavy atom. The highest BCUT2D eigenvalue weighted by Gasteiger charge is 2.57. The average molecular weight is 377 g/mol. The Kier molecular flexibility index (Phi) is 7.15. The molecule has 2 aliphatic carbocycles. The second-order valence-corrected chi connectivity index (χ2v) is 8.99. The molecule has 27 heavy (non-hydrogen) atoms. The Bertz CT molecular complexity index is 589. The fraction of sp³-hybridized carbons (Fsp3) is 0.826. The first-order chi connectivity index (χ1) is 12.7. The van der Waals surface area contributed by atoms with E-state index >= 15 is 0 Å². The molecule has 0 aromatic heterocycles. The molecular weight excluding hydrogens is 336 g/mol. The van der Waals surface area contributed by atoms with Gasteiger partial charge < -0.3 is 10.2 Å². The van der Waals surface area contributed by atoms with Crippen LogP contribution in [0, 0.1) is 29.1 Å². The second-order valence-electron chi connectivity index (χ2n) is 8.99. The number of hydrogen-bond acceptors (Lipinski definition) is 2. The van der Waals surface area contributed by atoms with Gasteiger partial charge in [-0.15, -0.1) is 0 Å². The lowest BCUT2D eigenvalue weighted by Crippen LogP contribution is -2.45. The van der Waals surface area contributed by atoms with Gasteiger partial charge in [-0.25, -0.2) is 0 Å². The van der Waals surface area contributed by atoms with Crippen molar-refractivity contribution in [3.8, 4) is 0 Å². The lowest BCUT2D eigenvalue weighted by atomic mass is 9.64. The molecule has 4 heteroatoms. The van der Waals surface area contributed by atoms with Gasteiger partial charge in [0.25, 0.3) is 0 Å².